The summed E-state index contributed by atoms with van der Waals surface area (Å²) in [6.07, 6.45) is 5.15. The number of anilines is 1. The number of fused-ring (bicyclic) bond motifs is 1. The zero-order valence-corrected chi connectivity index (χ0v) is 20.0. The lowest BCUT2D eigenvalue weighted by Gasteiger charge is -2.29. The highest BCUT2D eigenvalue weighted by Gasteiger charge is 2.43. The van der Waals surface area contributed by atoms with Crippen LogP contribution in [0.1, 0.15) is 36.4 Å². The highest BCUT2D eigenvalue weighted by Crippen LogP contribution is 2.44. The number of para-hydroxylation sites is 1. The number of nitrogens with zero attached hydrogens (tertiary/aromatic N) is 2. The summed E-state index contributed by atoms with van der Waals surface area (Å²) in [4.78, 5) is 13.5. The Kier molecular flexibility index (Phi) is 6.53. The fourth-order valence-corrected chi connectivity index (χ4v) is 4.91. The van der Waals surface area contributed by atoms with Crippen molar-refractivity contribution in [2.75, 3.05) is 19.5 Å². The van der Waals surface area contributed by atoms with Gasteiger partial charge in [-0.05, 0) is 78.4 Å². The second-order valence-electron chi connectivity index (χ2n) is 8.79. The van der Waals surface area contributed by atoms with Crippen LogP contribution in [0, 0.1) is 5.92 Å². The molecule has 0 saturated heterocycles. The largest absolute Gasteiger partial charge is 0.497 e. The van der Waals surface area contributed by atoms with E-state index in [-0.39, 0.29) is 18.0 Å². The molecule has 0 unspecified atom stereocenters. The number of rotatable bonds is 5. The first-order chi connectivity index (χ1) is 17.2. The number of allylic oxidation sites excluding steroid dienone is 1. The Morgan fingerprint density at radius 3 is 2.26 bits per heavy atom. The highest BCUT2D eigenvalue weighted by molar-refractivity contribution is 6.08. The third-order valence-electron chi connectivity index (χ3n) is 6.65. The molecule has 1 saturated carbocycles. The van der Waals surface area contributed by atoms with Gasteiger partial charge in [0.2, 0.25) is 0 Å². The average molecular weight is 468 g/mol. The molecule has 0 radical (unpaired) electrons. The minimum Gasteiger partial charge on any atom is -0.497 e. The second-order valence-corrected chi connectivity index (χ2v) is 8.79. The number of nitrogens with one attached hydrogen (secondary N) is 1. The molecule has 5 rings (SSSR count). The Balaban J connectivity index is 1.50. The van der Waals surface area contributed by atoms with Gasteiger partial charge in [0, 0.05) is 11.6 Å². The number of hydrogen-bond acceptors (Lipinski definition) is 4. The minimum absolute atomic E-state index is 0.128. The SMILES string of the molecule is COc1ccc(/C=C2\CCC[C@@H]3C2=NN(C(=O)Nc2ccccc2)[C@H]3c2ccc(OC)cc2)cc1. The first-order valence-corrected chi connectivity index (χ1v) is 11.9. The Hall–Kier alpha value is -4.06. The summed E-state index contributed by atoms with van der Waals surface area (Å²) in [5, 5.41) is 9.57. The van der Waals surface area contributed by atoms with Crippen LogP contribution in [-0.2, 0) is 0 Å². The van der Waals surface area contributed by atoms with Crippen LogP contribution in [0.3, 0.4) is 0 Å². The number of ether oxygens (including phenoxy) is 2. The topological polar surface area (TPSA) is 63.2 Å². The van der Waals surface area contributed by atoms with Crippen LogP contribution in [-0.4, -0.2) is 31.0 Å². The van der Waals surface area contributed by atoms with Gasteiger partial charge in [0.1, 0.15) is 11.5 Å². The highest BCUT2D eigenvalue weighted by atomic mass is 16.5. The van der Waals surface area contributed by atoms with Crippen molar-refractivity contribution in [1.82, 2.24) is 5.01 Å². The third-order valence-corrected chi connectivity index (χ3v) is 6.65. The van der Waals surface area contributed by atoms with Crippen molar-refractivity contribution < 1.29 is 14.3 Å². The summed E-state index contributed by atoms with van der Waals surface area (Å²) >= 11 is 0. The van der Waals surface area contributed by atoms with E-state index < -0.39 is 0 Å². The molecule has 1 aliphatic carbocycles. The van der Waals surface area contributed by atoms with E-state index in [0.29, 0.717) is 0 Å². The number of hydrogen-bond donors (Lipinski definition) is 1. The van der Waals surface area contributed by atoms with Crippen molar-refractivity contribution in [2.45, 2.75) is 25.3 Å². The van der Waals surface area contributed by atoms with Crippen molar-refractivity contribution in [3.8, 4) is 11.5 Å². The van der Waals surface area contributed by atoms with E-state index >= 15 is 0 Å². The van der Waals surface area contributed by atoms with Gasteiger partial charge in [0.05, 0.1) is 26.0 Å². The molecule has 6 nitrogen and oxygen atoms in total. The summed E-state index contributed by atoms with van der Waals surface area (Å²) in [5.74, 6) is 1.75. The zero-order chi connectivity index (χ0) is 24.2. The summed E-state index contributed by atoms with van der Waals surface area (Å²) in [6, 6.07) is 25.1. The molecule has 0 bridgehead atoms. The van der Waals surface area contributed by atoms with Gasteiger partial charge in [0.25, 0.3) is 0 Å². The molecular formula is C29H29N3O3. The van der Waals surface area contributed by atoms with Crippen molar-refractivity contribution >= 4 is 23.5 Å². The Morgan fingerprint density at radius 2 is 1.60 bits per heavy atom. The van der Waals surface area contributed by atoms with Crippen LogP contribution in [0.2, 0.25) is 0 Å². The molecule has 1 N–H and O–H groups in total. The Labute approximate surface area is 205 Å². The molecule has 1 fully saturated rings. The molecular weight excluding hydrogens is 438 g/mol. The number of hydrazone groups is 1. The number of urea groups is 1. The Morgan fingerprint density at radius 1 is 0.943 bits per heavy atom. The average Bonchev–Trinajstić information content (AvgIpc) is 3.31. The van der Waals surface area contributed by atoms with Crippen molar-refractivity contribution in [1.29, 1.82) is 0 Å². The molecule has 0 spiro atoms. The lowest BCUT2D eigenvalue weighted by Crippen LogP contribution is -2.34. The molecule has 2 atom stereocenters. The molecule has 3 aromatic rings. The Bertz CT molecular complexity index is 1230. The van der Waals surface area contributed by atoms with Crippen LogP contribution in [0.5, 0.6) is 11.5 Å². The number of amides is 2. The lowest BCUT2D eigenvalue weighted by atomic mass is 9.77. The van der Waals surface area contributed by atoms with Crippen molar-refractivity contribution in [2.24, 2.45) is 11.0 Å². The maximum absolute atomic E-state index is 13.5. The summed E-state index contributed by atoms with van der Waals surface area (Å²) in [7, 11) is 3.32. The van der Waals surface area contributed by atoms with Crippen LogP contribution in [0.15, 0.2) is 89.5 Å². The van der Waals surface area contributed by atoms with Gasteiger partial charge < -0.3 is 14.8 Å². The number of benzene rings is 3. The minimum atomic E-state index is -0.234. The van der Waals surface area contributed by atoms with E-state index in [1.165, 1.54) is 5.57 Å². The molecule has 178 valence electrons. The summed E-state index contributed by atoms with van der Waals surface area (Å²) in [5.41, 5.74) is 5.06. The normalized spacial score (nSPS) is 20.2. The first kappa shape index (κ1) is 22.7. The van der Waals surface area contributed by atoms with Crippen LogP contribution in [0.4, 0.5) is 10.5 Å². The molecule has 2 amide bonds. The number of carbonyl (C=O) groups excluding carboxylic acids is 1. The van der Waals surface area contributed by atoms with E-state index in [0.717, 1.165) is 53.3 Å². The molecule has 1 aliphatic heterocycles. The van der Waals surface area contributed by atoms with Gasteiger partial charge in [-0.3, -0.25) is 0 Å². The fourth-order valence-electron chi connectivity index (χ4n) is 4.91. The first-order valence-electron chi connectivity index (χ1n) is 11.9. The molecule has 1 heterocycles. The quantitative estimate of drug-likeness (QED) is 0.464. The van der Waals surface area contributed by atoms with E-state index in [1.54, 1.807) is 19.2 Å². The van der Waals surface area contributed by atoms with Crippen LogP contribution in [0.25, 0.3) is 6.08 Å². The van der Waals surface area contributed by atoms with Crippen molar-refractivity contribution in [3.05, 3.63) is 95.6 Å². The maximum Gasteiger partial charge on any atom is 0.342 e. The molecule has 0 aromatic heterocycles. The van der Waals surface area contributed by atoms with Gasteiger partial charge in [-0.1, -0.05) is 42.5 Å². The van der Waals surface area contributed by atoms with E-state index in [2.05, 4.69) is 11.4 Å². The van der Waals surface area contributed by atoms with Crippen LogP contribution >= 0.6 is 0 Å². The van der Waals surface area contributed by atoms with Gasteiger partial charge in [-0.2, -0.15) is 5.10 Å². The zero-order valence-electron chi connectivity index (χ0n) is 20.0. The monoisotopic (exact) mass is 467 g/mol. The van der Waals surface area contributed by atoms with Gasteiger partial charge >= 0.3 is 6.03 Å². The van der Waals surface area contributed by atoms with Gasteiger partial charge in [0.15, 0.2) is 0 Å². The van der Waals surface area contributed by atoms with E-state index in [4.69, 9.17) is 14.6 Å². The van der Waals surface area contributed by atoms with Crippen LogP contribution < -0.4 is 14.8 Å². The van der Waals surface area contributed by atoms with Gasteiger partial charge in [-0.25, -0.2) is 9.80 Å². The second kappa shape index (κ2) is 10.1. The van der Waals surface area contributed by atoms with E-state index in [1.807, 2.05) is 78.9 Å². The molecule has 2 aliphatic rings. The van der Waals surface area contributed by atoms with Crippen molar-refractivity contribution in [3.63, 3.8) is 0 Å². The van der Waals surface area contributed by atoms with E-state index in [9.17, 15) is 4.79 Å². The predicted molar refractivity (Wildman–Crippen MR) is 139 cm³/mol. The molecule has 6 heteroatoms. The third kappa shape index (κ3) is 4.78. The standard InChI is InChI=1S/C29H29N3O3/c1-34-24-15-11-20(12-16-24)19-22-7-6-10-26-27(22)31-32(29(33)30-23-8-4-3-5-9-23)28(26)21-13-17-25(35-2)18-14-21/h3-5,8-9,11-19,26,28H,6-7,10H2,1-2H3,(H,30,33)/b22-19+/t26-,28+/m1/s1. The van der Waals surface area contributed by atoms with Gasteiger partial charge in [-0.15, -0.1) is 0 Å². The maximum atomic E-state index is 13.5. The lowest BCUT2D eigenvalue weighted by molar-refractivity contribution is 0.188. The smallest absolute Gasteiger partial charge is 0.342 e. The predicted octanol–water partition coefficient (Wildman–Crippen LogP) is 6.53. The number of methoxy groups -OCH3 is 2. The molecule has 35 heavy (non-hydrogen) atoms. The summed E-state index contributed by atoms with van der Waals surface area (Å²) in [6.45, 7) is 0. The molecule has 3 aromatic carbocycles. The fraction of sp³-hybridized carbons (Fsp3) is 0.241. The number of carbonyl (C=O) groups is 1. The summed E-state index contributed by atoms with van der Waals surface area (Å²) < 4.78 is 10.6.